The van der Waals surface area contributed by atoms with Crippen LogP contribution in [-0.4, -0.2) is 58.4 Å². The maximum absolute atomic E-state index is 13.8. The predicted molar refractivity (Wildman–Crippen MR) is 197 cm³/mol. The van der Waals surface area contributed by atoms with Gasteiger partial charge in [-0.1, -0.05) is 42.5 Å². The van der Waals surface area contributed by atoms with Crippen LogP contribution < -0.4 is 24.6 Å². The Balaban J connectivity index is 1.39. The van der Waals surface area contributed by atoms with Crippen molar-refractivity contribution in [3.63, 3.8) is 0 Å². The fraction of sp³-hybridized carbons (Fsp3) is 0.421. The van der Waals surface area contributed by atoms with Gasteiger partial charge in [-0.2, -0.15) is 9.28 Å². The van der Waals surface area contributed by atoms with Crippen molar-refractivity contribution >= 4 is 52.4 Å². The minimum absolute atomic E-state index is 0.218. The van der Waals surface area contributed by atoms with Gasteiger partial charge in [-0.25, -0.2) is 4.79 Å². The number of quaternary nitrogens is 1. The third-order valence-electron chi connectivity index (χ3n) is 8.16. The molecule has 3 unspecified atom stereocenters. The largest absolute Gasteiger partial charge is 0.521 e. The van der Waals surface area contributed by atoms with E-state index in [4.69, 9.17) is 31.2 Å². The number of ether oxygens (including phenoxy) is 4. The number of rotatable bonds is 7. The number of hydrogen-bond acceptors (Lipinski definition) is 8. The first-order valence-electron chi connectivity index (χ1n) is 16.7. The Morgan fingerprint density at radius 3 is 1.96 bits per heavy atom. The van der Waals surface area contributed by atoms with Crippen LogP contribution in [0.25, 0.3) is 0 Å². The molecule has 0 bridgehead atoms. The normalized spacial score (nSPS) is 18.2. The maximum Gasteiger partial charge on any atom is 0.521 e. The van der Waals surface area contributed by atoms with Crippen molar-refractivity contribution in [1.29, 1.82) is 0 Å². The zero-order valence-electron chi connectivity index (χ0n) is 30.2. The lowest BCUT2D eigenvalue weighted by molar-refractivity contribution is -0.122. The number of carbonyl (C=O) groups is 3. The molecule has 2 heterocycles. The Morgan fingerprint density at radius 2 is 1.32 bits per heavy atom. The van der Waals surface area contributed by atoms with Gasteiger partial charge in [0.05, 0.1) is 18.4 Å². The molecule has 2 aliphatic heterocycles. The van der Waals surface area contributed by atoms with E-state index in [0.29, 0.717) is 34.4 Å². The summed E-state index contributed by atoms with van der Waals surface area (Å²) in [4.78, 5) is 41.9. The molecule has 2 aliphatic rings. The van der Waals surface area contributed by atoms with Gasteiger partial charge < -0.3 is 29.6 Å². The number of carbonyl (C=O) groups excluding carboxylic acids is 3. The molecule has 11 nitrogen and oxygen atoms in total. The number of anilines is 2. The monoisotopic (exact) mass is 703 g/mol. The molecule has 0 aromatic heterocycles. The molecule has 0 saturated carbocycles. The lowest BCUT2D eigenvalue weighted by Gasteiger charge is -2.34. The molecule has 0 fully saturated rings. The lowest BCUT2D eigenvalue weighted by atomic mass is 10.1. The highest BCUT2D eigenvalue weighted by molar-refractivity contribution is 7.80. The first-order valence-corrected chi connectivity index (χ1v) is 17.1. The van der Waals surface area contributed by atoms with Gasteiger partial charge in [0.1, 0.15) is 46.0 Å². The molecule has 0 spiro atoms. The minimum Gasteiger partial charge on any atom is -0.481 e. The number of benzene rings is 3. The fourth-order valence-electron chi connectivity index (χ4n) is 5.55. The first kappa shape index (κ1) is 36.6. The number of fused-ring (bicyclic) bond motifs is 2. The number of hydrogen-bond donors (Lipinski definition) is 2. The standard InChI is InChI=1S/C38H46N4O7S/c1-23-33(43)39-30-19-28(15-17-32(30)46-23)42(9,36(45)49-38(6,7)8)22-26-12-10-25(11-13-26)20-41(35(44)48-37(3,4)5)21-27-14-16-31-29(18-27)40-34(50)24(2)47-31/h10-19,23-24H,20-22H2,1-9H3,(H-,39,40,43,50)/p+1. The molecule has 3 atom stereocenters. The van der Waals surface area contributed by atoms with Crippen LogP contribution >= 0.6 is 12.2 Å². The van der Waals surface area contributed by atoms with E-state index in [0.717, 1.165) is 22.4 Å². The second-order valence-corrected chi connectivity index (χ2v) is 15.4. The zero-order valence-corrected chi connectivity index (χ0v) is 31.0. The van der Waals surface area contributed by atoms with Crippen molar-refractivity contribution in [3.05, 3.63) is 77.4 Å². The Bertz CT molecular complexity index is 1800. The van der Waals surface area contributed by atoms with E-state index < -0.39 is 29.5 Å². The molecule has 2 N–H and O–H groups in total. The number of thiocarbonyl (C=S) groups is 1. The summed E-state index contributed by atoms with van der Waals surface area (Å²) in [5.74, 6) is 0.982. The fourth-order valence-corrected chi connectivity index (χ4v) is 5.71. The first-order chi connectivity index (χ1) is 23.3. The molecular weight excluding hydrogens is 657 g/mol. The average molecular weight is 704 g/mol. The smallest absolute Gasteiger partial charge is 0.481 e. The molecule has 266 valence electrons. The number of amides is 3. The summed E-state index contributed by atoms with van der Waals surface area (Å²) in [6.45, 7) is 15.4. The molecule has 50 heavy (non-hydrogen) atoms. The van der Waals surface area contributed by atoms with E-state index in [1.165, 1.54) is 0 Å². The van der Waals surface area contributed by atoms with Crippen molar-refractivity contribution in [2.75, 3.05) is 17.7 Å². The third kappa shape index (κ3) is 8.72. The maximum atomic E-state index is 13.8. The van der Waals surface area contributed by atoms with E-state index in [-0.39, 0.29) is 29.6 Å². The Hall–Kier alpha value is -4.68. The number of nitrogens with zero attached hydrogens (tertiary/aromatic N) is 2. The van der Waals surface area contributed by atoms with Crippen LogP contribution in [0.4, 0.5) is 26.7 Å². The molecule has 0 aliphatic carbocycles. The second kappa shape index (κ2) is 13.9. The molecule has 3 amide bonds. The van der Waals surface area contributed by atoms with E-state index in [1.807, 2.05) is 97.0 Å². The van der Waals surface area contributed by atoms with Gasteiger partial charge in [-0.3, -0.25) is 9.69 Å². The topological polar surface area (TPSA) is 115 Å². The second-order valence-electron chi connectivity index (χ2n) is 15.0. The highest BCUT2D eigenvalue weighted by atomic mass is 32.1. The van der Waals surface area contributed by atoms with Crippen LogP contribution in [0.2, 0.25) is 0 Å². The zero-order chi connectivity index (χ0) is 36.6. The van der Waals surface area contributed by atoms with Crippen LogP contribution in [0.15, 0.2) is 60.7 Å². The Labute approximate surface area is 299 Å². The predicted octanol–water partition coefficient (Wildman–Crippen LogP) is 7.94. The van der Waals surface area contributed by atoms with Gasteiger partial charge in [0.15, 0.2) is 6.10 Å². The molecule has 3 aromatic rings. The van der Waals surface area contributed by atoms with Crippen molar-refractivity contribution in [3.8, 4) is 11.5 Å². The van der Waals surface area contributed by atoms with Crippen LogP contribution in [0.1, 0.15) is 72.1 Å². The van der Waals surface area contributed by atoms with E-state index in [1.54, 1.807) is 31.0 Å². The highest BCUT2D eigenvalue weighted by Gasteiger charge is 2.41. The van der Waals surface area contributed by atoms with Gasteiger partial charge in [-0.05, 0) is 84.7 Å². The van der Waals surface area contributed by atoms with Gasteiger partial charge in [0.25, 0.3) is 5.91 Å². The summed E-state index contributed by atoms with van der Waals surface area (Å²) in [7, 11) is 1.79. The van der Waals surface area contributed by atoms with E-state index in [2.05, 4.69) is 10.6 Å². The average Bonchev–Trinajstić information content (AvgIpc) is 3.01. The summed E-state index contributed by atoms with van der Waals surface area (Å²) in [5.41, 5.74) is 3.09. The summed E-state index contributed by atoms with van der Waals surface area (Å²) < 4.78 is 23.1. The van der Waals surface area contributed by atoms with Crippen molar-refractivity contribution in [1.82, 2.24) is 9.38 Å². The quantitative estimate of drug-likeness (QED) is 0.187. The van der Waals surface area contributed by atoms with Gasteiger partial charge in [0, 0.05) is 30.8 Å². The number of nitrogens with one attached hydrogen (secondary N) is 2. The van der Waals surface area contributed by atoms with E-state index >= 15 is 0 Å². The lowest BCUT2D eigenvalue weighted by Crippen LogP contribution is -2.52. The van der Waals surface area contributed by atoms with Crippen molar-refractivity contribution in [2.45, 2.75) is 98.4 Å². The molecule has 12 heteroatoms. The molecule has 0 saturated heterocycles. The van der Waals surface area contributed by atoms with Crippen LogP contribution in [0, 0.1) is 0 Å². The Morgan fingerprint density at radius 1 is 0.780 bits per heavy atom. The Kier molecular flexibility index (Phi) is 10.2. The summed E-state index contributed by atoms with van der Waals surface area (Å²) in [5, 5.41) is 6.10. The highest BCUT2D eigenvalue weighted by Crippen LogP contribution is 2.37. The summed E-state index contributed by atoms with van der Waals surface area (Å²) >= 11 is 5.40. The van der Waals surface area contributed by atoms with Gasteiger partial charge in [0.2, 0.25) is 0 Å². The summed E-state index contributed by atoms with van der Waals surface area (Å²) in [6.07, 6.45) is -1.73. The van der Waals surface area contributed by atoms with Gasteiger partial charge in [-0.15, -0.1) is 0 Å². The van der Waals surface area contributed by atoms with Crippen LogP contribution in [0.3, 0.4) is 0 Å². The van der Waals surface area contributed by atoms with Crippen molar-refractivity contribution < 1.29 is 33.3 Å². The SMILES string of the molecule is CC1Oc2ccc([N+](C)(Cc3ccc(CN(Cc4ccc5c(c4)NC(=S)C(C)O5)C(=O)OC(C)(C)C)cc3)C(=O)OC(C)(C)C)cc2NC1=O. The van der Waals surface area contributed by atoms with E-state index in [9.17, 15) is 14.4 Å². The molecule has 3 aromatic carbocycles. The van der Waals surface area contributed by atoms with Crippen molar-refractivity contribution in [2.24, 2.45) is 0 Å². The third-order valence-corrected chi connectivity index (χ3v) is 8.59. The van der Waals surface area contributed by atoms with Crippen LogP contribution in [0.5, 0.6) is 11.5 Å². The summed E-state index contributed by atoms with van der Waals surface area (Å²) in [6, 6.07) is 18.8. The molecule has 5 rings (SSSR count). The van der Waals surface area contributed by atoms with Crippen LogP contribution in [-0.2, 0) is 33.9 Å². The van der Waals surface area contributed by atoms with Gasteiger partial charge >= 0.3 is 12.2 Å². The molecule has 0 radical (unpaired) electrons. The minimum atomic E-state index is -0.724. The molecular formula is C38H47N4O7S+.